The maximum absolute atomic E-state index is 11.4. The molecule has 0 aliphatic carbocycles. The topological polar surface area (TPSA) is 89.8 Å². The molecule has 0 saturated carbocycles. The molecule has 0 spiro atoms. The Balaban J connectivity index is 2.49. The minimum atomic E-state index is -3.38. The molecule has 1 aromatic rings. The number of aromatic nitrogens is 4. The number of halogens is 1. The summed E-state index contributed by atoms with van der Waals surface area (Å²) in [5.74, 6) is 0.458. The fourth-order valence-corrected chi connectivity index (χ4v) is 2.14. The number of tetrazole rings is 1. The Bertz CT molecular complexity index is 403. The highest BCUT2D eigenvalue weighted by Crippen LogP contribution is 2.02. The van der Waals surface area contributed by atoms with Crippen LogP contribution in [0.4, 0.5) is 5.95 Å². The van der Waals surface area contributed by atoms with E-state index in [1.54, 1.807) is 7.05 Å². The maximum atomic E-state index is 11.4. The third-order valence-electron chi connectivity index (χ3n) is 1.55. The van der Waals surface area contributed by atoms with Crippen molar-refractivity contribution >= 4 is 27.6 Å². The summed E-state index contributed by atoms with van der Waals surface area (Å²) in [5.41, 5.74) is 0. The van der Waals surface area contributed by atoms with Gasteiger partial charge in [-0.1, -0.05) is 5.10 Å². The highest BCUT2D eigenvalue weighted by atomic mass is 35.5. The van der Waals surface area contributed by atoms with Crippen LogP contribution in [0.2, 0.25) is 0 Å². The van der Waals surface area contributed by atoms with Gasteiger partial charge in [0.25, 0.3) is 5.95 Å². The molecule has 0 fully saturated rings. The molecule has 0 saturated heterocycles. The minimum absolute atomic E-state index is 0.0108. The van der Waals surface area contributed by atoms with E-state index in [0.29, 0.717) is 18.7 Å². The zero-order chi connectivity index (χ0) is 11.3. The van der Waals surface area contributed by atoms with Crippen molar-refractivity contribution in [3.8, 4) is 0 Å². The van der Waals surface area contributed by atoms with E-state index in [0.717, 1.165) is 0 Å². The van der Waals surface area contributed by atoms with Gasteiger partial charge >= 0.3 is 0 Å². The van der Waals surface area contributed by atoms with Gasteiger partial charge < -0.3 is 0 Å². The number of sulfonamides is 1. The van der Waals surface area contributed by atoms with Crippen LogP contribution in [0.15, 0.2) is 0 Å². The van der Waals surface area contributed by atoms with Crippen LogP contribution in [0, 0.1) is 0 Å². The van der Waals surface area contributed by atoms with E-state index in [9.17, 15) is 8.42 Å². The number of nitrogens with zero attached hydrogens (tertiary/aromatic N) is 4. The monoisotopic (exact) mass is 253 g/mol. The molecule has 0 aliphatic heterocycles. The molecule has 0 radical (unpaired) electrons. The second-order valence-electron chi connectivity index (χ2n) is 2.92. The van der Waals surface area contributed by atoms with Crippen LogP contribution in [-0.2, 0) is 17.1 Å². The summed E-state index contributed by atoms with van der Waals surface area (Å²) in [6.45, 7) is 0. The molecule has 0 aromatic carbocycles. The first kappa shape index (κ1) is 12.2. The lowest BCUT2D eigenvalue weighted by atomic mass is 10.4. The Labute approximate surface area is 92.9 Å². The first-order chi connectivity index (χ1) is 7.03. The average Bonchev–Trinajstić information content (AvgIpc) is 2.50. The van der Waals surface area contributed by atoms with Crippen molar-refractivity contribution in [2.24, 2.45) is 7.05 Å². The van der Waals surface area contributed by atoms with Crippen molar-refractivity contribution in [2.45, 2.75) is 12.8 Å². The van der Waals surface area contributed by atoms with E-state index in [1.165, 1.54) is 4.80 Å². The van der Waals surface area contributed by atoms with E-state index >= 15 is 0 Å². The van der Waals surface area contributed by atoms with Crippen LogP contribution in [-0.4, -0.2) is 40.3 Å². The predicted molar refractivity (Wildman–Crippen MR) is 56.2 cm³/mol. The lowest BCUT2D eigenvalue weighted by molar-refractivity contribution is 0.597. The highest BCUT2D eigenvalue weighted by Gasteiger charge is 2.12. The van der Waals surface area contributed by atoms with E-state index in [-0.39, 0.29) is 11.7 Å². The second-order valence-corrected chi connectivity index (χ2v) is 5.14. The van der Waals surface area contributed by atoms with Crippen molar-refractivity contribution in [1.29, 1.82) is 0 Å². The third-order valence-corrected chi connectivity index (χ3v) is 3.14. The summed E-state index contributed by atoms with van der Waals surface area (Å²) >= 11 is 5.44. The number of hydrogen-bond acceptors (Lipinski definition) is 5. The smallest absolute Gasteiger partial charge is 0.249 e. The Morgan fingerprint density at radius 2 is 2.20 bits per heavy atom. The van der Waals surface area contributed by atoms with Gasteiger partial charge in [0.1, 0.15) is 0 Å². The van der Waals surface area contributed by atoms with Gasteiger partial charge in [0, 0.05) is 5.88 Å². The number of hydrogen-bond donors (Lipinski definition) is 1. The van der Waals surface area contributed by atoms with E-state index < -0.39 is 10.0 Å². The molecule has 1 heterocycles. The maximum Gasteiger partial charge on any atom is 0.276 e. The van der Waals surface area contributed by atoms with Gasteiger partial charge in [-0.15, -0.1) is 16.7 Å². The summed E-state index contributed by atoms with van der Waals surface area (Å²) in [7, 11) is -1.83. The molecule has 15 heavy (non-hydrogen) atoms. The first-order valence-corrected chi connectivity index (χ1v) is 6.52. The van der Waals surface area contributed by atoms with Crippen LogP contribution in [0.3, 0.4) is 0 Å². The summed E-state index contributed by atoms with van der Waals surface area (Å²) in [5, 5.41) is 10.7. The lowest BCUT2D eigenvalue weighted by Crippen LogP contribution is -2.17. The molecule has 0 aliphatic rings. The molecule has 0 atom stereocenters. The summed E-state index contributed by atoms with van der Waals surface area (Å²) in [4.78, 5) is 1.18. The number of nitrogens with one attached hydrogen (secondary N) is 1. The van der Waals surface area contributed by atoms with Gasteiger partial charge in [0.15, 0.2) is 0 Å². The van der Waals surface area contributed by atoms with Crippen LogP contribution in [0.5, 0.6) is 0 Å². The number of anilines is 1. The number of aryl methyl sites for hydroxylation is 1. The van der Waals surface area contributed by atoms with E-state index in [1.807, 2.05) is 0 Å². The normalized spacial score (nSPS) is 11.6. The predicted octanol–water partition coefficient (Wildman–Crippen LogP) is -0.0292. The van der Waals surface area contributed by atoms with Crippen LogP contribution >= 0.6 is 11.6 Å². The highest BCUT2D eigenvalue weighted by molar-refractivity contribution is 7.92. The molecule has 1 rings (SSSR count). The molecule has 1 N–H and O–H groups in total. The zero-order valence-corrected chi connectivity index (χ0v) is 9.79. The fourth-order valence-electron chi connectivity index (χ4n) is 0.902. The number of rotatable bonds is 6. The molecule has 7 nitrogen and oxygen atoms in total. The molecule has 86 valence electrons. The molecule has 0 amide bonds. The standard InChI is InChI=1S/C6H12ClN5O2S/c1-12-9-6(8-11-12)10-15(13,14)5-3-2-4-7/h2-5H2,1H3,(H,9,10). The van der Waals surface area contributed by atoms with Gasteiger partial charge in [-0.25, -0.2) is 13.1 Å². The summed E-state index contributed by atoms with van der Waals surface area (Å²) in [6.07, 6.45) is 1.18. The Morgan fingerprint density at radius 1 is 1.47 bits per heavy atom. The van der Waals surface area contributed by atoms with Crippen molar-refractivity contribution in [3.63, 3.8) is 0 Å². The molecule has 0 bridgehead atoms. The fraction of sp³-hybridized carbons (Fsp3) is 0.833. The van der Waals surface area contributed by atoms with Crippen LogP contribution < -0.4 is 4.72 Å². The van der Waals surface area contributed by atoms with Crippen molar-refractivity contribution in [2.75, 3.05) is 16.4 Å². The van der Waals surface area contributed by atoms with Crippen molar-refractivity contribution in [1.82, 2.24) is 20.2 Å². The summed E-state index contributed by atoms with van der Waals surface area (Å²) in [6, 6.07) is 0. The van der Waals surface area contributed by atoms with Gasteiger partial charge in [-0.2, -0.15) is 4.80 Å². The van der Waals surface area contributed by atoms with Gasteiger partial charge in [-0.3, -0.25) is 0 Å². The number of alkyl halides is 1. The zero-order valence-electron chi connectivity index (χ0n) is 8.22. The molecular weight excluding hydrogens is 242 g/mol. The van der Waals surface area contributed by atoms with Gasteiger partial charge in [0.05, 0.1) is 12.8 Å². The minimum Gasteiger partial charge on any atom is -0.249 e. The quantitative estimate of drug-likeness (QED) is 0.568. The Morgan fingerprint density at radius 3 is 2.73 bits per heavy atom. The molecule has 0 unspecified atom stereocenters. The Kier molecular flexibility index (Phi) is 4.28. The SMILES string of the molecule is Cn1nnc(NS(=O)(=O)CCCCCl)n1. The van der Waals surface area contributed by atoms with Crippen LogP contribution in [0.25, 0.3) is 0 Å². The molecule has 1 aromatic heterocycles. The molecular formula is C6H12ClN5O2S. The van der Waals surface area contributed by atoms with Crippen LogP contribution in [0.1, 0.15) is 12.8 Å². The average molecular weight is 254 g/mol. The van der Waals surface area contributed by atoms with E-state index in [4.69, 9.17) is 11.6 Å². The van der Waals surface area contributed by atoms with Gasteiger partial charge in [0.2, 0.25) is 10.0 Å². The van der Waals surface area contributed by atoms with Gasteiger partial charge in [-0.05, 0) is 18.1 Å². The lowest BCUT2D eigenvalue weighted by Gasteiger charge is -2.02. The largest absolute Gasteiger partial charge is 0.276 e. The second kappa shape index (κ2) is 5.26. The third kappa shape index (κ3) is 4.43. The summed E-state index contributed by atoms with van der Waals surface area (Å²) < 4.78 is 25.0. The van der Waals surface area contributed by atoms with E-state index in [2.05, 4.69) is 20.1 Å². The first-order valence-electron chi connectivity index (χ1n) is 4.34. The van der Waals surface area contributed by atoms with Crippen molar-refractivity contribution < 1.29 is 8.42 Å². The molecule has 9 heteroatoms. The Hall–Kier alpha value is -0.890. The number of unbranched alkanes of at least 4 members (excludes halogenated alkanes) is 1. The van der Waals surface area contributed by atoms with Crippen molar-refractivity contribution in [3.05, 3.63) is 0 Å².